The van der Waals surface area contributed by atoms with Gasteiger partial charge in [0.15, 0.2) is 0 Å². The van der Waals surface area contributed by atoms with E-state index in [9.17, 15) is 4.79 Å². The molecule has 0 fully saturated rings. The Morgan fingerprint density at radius 2 is 0.942 bits per heavy atom. The number of methoxy groups -OCH3 is 2. The van der Waals surface area contributed by atoms with Gasteiger partial charge in [-0.25, -0.2) is 4.79 Å². The average molecular weight is 728 g/mol. The van der Waals surface area contributed by atoms with Crippen LogP contribution in [0.3, 0.4) is 0 Å². The minimum atomic E-state index is -0.696. The molecule has 13 heteroatoms. The Morgan fingerprint density at radius 1 is 0.558 bits per heavy atom. The molecule has 1 amide bonds. The molecule has 3 aromatic carbocycles. The molecule has 1 heterocycles. The molecule has 0 saturated carbocycles. The lowest BCUT2D eigenvalue weighted by atomic mass is 10.1. The number of benzene rings is 3. The molecule has 0 N–H and O–H groups in total. The third-order valence-electron chi connectivity index (χ3n) is 7.28. The van der Waals surface area contributed by atoms with E-state index in [0.717, 1.165) is 11.1 Å². The second-order valence-corrected chi connectivity index (χ2v) is 12.7. The molecule has 0 aromatic heterocycles. The van der Waals surface area contributed by atoms with Crippen LogP contribution in [0.2, 0.25) is 0 Å². The predicted octanol–water partition coefficient (Wildman–Crippen LogP) is 5.94. The fourth-order valence-electron chi connectivity index (χ4n) is 4.97. The summed E-state index contributed by atoms with van der Waals surface area (Å²) in [5.41, 5.74) is 0.894. The second kappa shape index (κ2) is 21.8. The Kier molecular flexibility index (Phi) is 16.9. The number of fused-ring (bicyclic) bond motifs is 4. The first-order valence-electron chi connectivity index (χ1n) is 17.5. The highest BCUT2D eigenvalue weighted by Gasteiger charge is 2.24. The van der Waals surface area contributed by atoms with Crippen LogP contribution in [0.1, 0.15) is 31.9 Å². The van der Waals surface area contributed by atoms with Crippen molar-refractivity contribution in [3.8, 4) is 34.5 Å². The zero-order valence-corrected chi connectivity index (χ0v) is 31.0. The van der Waals surface area contributed by atoms with Crippen molar-refractivity contribution >= 4 is 6.09 Å². The zero-order valence-electron chi connectivity index (χ0n) is 31.0. The fraction of sp³-hybridized carbons (Fsp3) is 0.513. The van der Waals surface area contributed by atoms with Gasteiger partial charge in [0, 0.05) is 31.3 Å². The summed E-state index contributed by atoms with van der Waals surface area (Å²) in [5, 5.41) is 0. The summed E-state index contributed by atoms with van der Waals surface area (Å²) in [4.78, 5) is 15.1. The lowest BCUT2D eigenvalue weighted by molar-refractivity contribution is 0.0214. The van der Waals surface area contributed by atoms with Crippen LogP contribution in [0, 0.1) is 0 Å². The van der Waals surface area contributed by atoms with E-state index >= 15 is 0 Å². The number of hydrogen-bond acceptors (Lipinski definition) is 12. The fourth-order valence-corrected chi connectivity index (χ4v) is 4.97. The molecule has 4 bridgehead atoms. The summed E-state index contributed by atoms with van der Waals surface area (Å²) < 4.78 is 63.2. The average Bonchev–Trinajstić information content (AvgIpc) is 3.11. The van der Waals surface area contributed by atoms with Gasteiger partial charge in [0.05, 0.1) is 67.1 Å². The van der Waals surface area contributed by atoms with Crippen molar-refractivity contribution in [3.05, 3.63) is 71.8 Å². The van der Waals surface area contributed by atoms with Gasteiger partial charge in [0.25, 0.3) is 0 Å². The summed E-state index contributed by atoms with van der Waals surface area (Å²) in [6, 6.07) is 18.5. The minimum absolute atomic E-state index is 0.210. The van der Waals surface area contributed by atoms with Gasteiger partial charge in [0.2, 0.25) is 0 Å². The third-order valence-corrected chi connectivity index (χ3v) is 7.28. The smallest absolute Gasteiger partial charge is 0.410 e. The van der Waals surface area contributed by atoms with Crippen LogP contribution < -0.4 is 28.4 Å². The van der Waals surface area contributed by atoms with Crippen LogP contribution in [-0.4, -0.2) is 110 Å². The molecule has 1 aliphatic heterocycles. The van der Waals surface area contributed by atoms with Gasteiger partial charge in [-0.15, -0.1) is 0 Å². The number of amides is 1. The number of nitrogens with zero attached hydrogens (tertiary/aromatic N) is 1. The highest BCUT2D eigenvalue weighted by molar-refractivity contribution is 5.68. The summed E-state index contributed by atoms with van der Waals surface area (Å²) in [7, 11) is 3.17. The summed E-state index contributed by atoms with van der Waals surface area (Å²) in [5.74, 6) is 3.78. The van der Waals surface area contributed by atoms with E-state index in [2.05, 4.69) is 0 Å². The van der Waals surface area contributed by atoms with Crippen LogP contribution >= 0.6 is 0 Å². The number of rotatable bonds is 6. The minimum Gasteiger partial charge on any atom is -0.497 e. The maximum atomic E-state index is 13.5. The van der Waals surface area contributed by atoms with Crippen molar-refractivity contribution in [3.63, 3.8) is 0 Å². The number of hydrogen-bond donors (Lipinski definition) is 0. The van der Waals surface area contributed by atoms with Crippen LogP contribution in [-0.2, 0) is 36.8 Å². The molecule has 4 rings (SSSR count). The monoisotopic (exact) mass is 727 g/mol. The zero-order chi connectivity index (χ0) is 37.0. The van der Waals surface area contributed by atoms with E-state index in [4.69, 9.17) is 52.1 Å². The molecule has 3 aromatic rings. The summed E-state index contributed by atoms with van der Waals surface area (Å²) in [6.07, 6.45) is -0.474. The van der Waals surface area contributed by atoms with Crippen molar-refractivity contribution in [2.45, 2.75) is 39.5 Å². The standard InChI is InChI=1S/C39H53NO12/c1-39(2,3)52-38(41)40(28-30-21-34(42-4)26-35(22-30)43-5)29-31-23-36-27-37(24-31)51-20-16-47-12-10-45-14-18-49-33-8-6-7-32(25-33)48-17-13-44-9-11-46-15-19-50-36/h6-8,21-27H,9-20,28-29H2,1-5H3. The van der Waals surface area contributed by atoms with E-state index in [1.807, 2.05) is 69.3 Å². The van der Waals surface area contributed by atoms with Crippen molar-refractivity contribution in [2.24, 2.45) is 0 Å². The molecule has 0 radical (unpaired) electrons. The number of carbonyl (C=O) groups excluding carboxylic acids is 1. The van der Waals surface area contributed by atoms with E-state index in [1.165, 1.54) is 0 Å². The molecule has 0 saturated heterocycles. The maximum Gasteiger partial charge on any atom is 0.410 e. The van der Waals surface area contributed by atoms with Gasteiger partial charge in [0.1, 0.15) is 66.5 Å². The quantitative estimate of drug-likeness (QED) is 0.299. The molecule has 0 spiro atoms. The van der Waals surface area contributed by atoms with Gasteiger partial charge in [-0.05, 0) is 68.3 Å². The second-order valence-electron chi connectivity index (χ2n) is 12.7. The SMILES string of the molecule is COc1cc(CN(Cc2cc3cc(c2)OCCOCCOCCOc2cccc(c2)OCCOCCOCCO3)C(=O)OC(C)(C)C)cc(OC)c1. The van der Waals surface area contributed by atoms with Crippen molar-refractivity contribution in [2.75, 3.05) is 93.5 Å². The van der Waals surface area contributed by atoms with Gasteiger partial charge in [-0.1, -0.05) is 6.07 Å². The van der Waals surface area contributed by atoms with Gasteiger partial charge >= 0.3 is 6.09 Å². The molecular formula is C39H53NO12. The number of carbonyl (C=O) groups is 1. The van der Waals surface area contributed by atoms with E-state index in [1.54, 1.807) is 31.3 Å². The lowest BCUT2D eigenvalue weighted by Crippen LogP contribution is -2.36. The van der Waals surface area contributed by atoms with Crippen molar-refractivity contribution < 1.29 is 56.9 Å². The van der Waals surface area contributed by atoms with Crippen molar-refractivity contribution in [1.29, 1.82) is 0 Å². The highest BCUT2D eigenvalue weighted by Crippen LogP contribution is 2.28. The Hall–Kier alpha value is -4.43. The molecule has 0 atom stereocenters. The maximum absolute atomic E-state index is 13.5. The van der Waals surface area contributed by atoms with Crippen molar-refractivity contribution in [1.82, 2.24) is 4.90 Å². The molecular weight excluding hydrogens is 674 g/mol. The Bertz CT molecular complexity index is 1410. The molecule has 0 unspecified atom stereocenters. The normalized spacial score (nSPS) is 15.8. The molecule has 1 aliphatic rings. The Morgan fingerprint density at radius 3 is 1.37 bits per heavy atom. The predicted molar refractivity (Wildman–Crippen MR) is 193 cm³/mol. The van der Waals surface area contributed by atoms with E-state index < -0.39 is 11.7 Å². The van der Waals surface area contributed by atoms with Crippen LogP contribution in [0.5, 0.6) is 34.5 Å². The third kappa shape index (κ3) is 15.4. The Balaban J connectivity index is 1.43. The Labute approximate surface area is 306 Å². The summed E-state index contributed by atoms with van der Waals surface area (Å²) >= 11 is 0. The molecule has 286 valence electrons. The first kappa shape index (κ1) is 40.3. The van der Waals surface area contributed by atoms with E-state index in [0.29, 0.717) is 114 Å². The summed E-state index contributed by atoms with van der Waals surface area (Å²) in [6.45, 7) is 10.5. The highest BCUT2D eigenvalue weighted by atomic mass is 16.6. The van der Waals surface area contributed by atoms with Gasteiger partial charge in [-0.2, -0.15) is 0 Å². The van der Waals surface area contributed by atoms with Crippen LogP contribution in [0.25, 0.3) is 0 Å². The largest absolute Gasteiger partial charge is 0.497 e. The van der Waals surface area contributed by atoms with E-state index in [-0.39, 0.29) is 13.1 Å². The topological polar surface area (TPSA) is 122 Å². The van der Waals surface area contributed by atoms with Crippen LogP contribution in [0.4, 0.5) is 4.79 Å². The lowest BCUT2D eigenvalue weighted by Gasteiger charge is -2.28. The molecule has 0 aliphatic carbocycles. The van der Waals surface area contributed by atoms with Gasteiger partial charge < -0.3 is 52.1 Å². The first-order valence-corrected chi connectivity index (χ1v) is 17.5. The number of ether oxygens (including phenoxy) is 11. The first-order chi connectivity index (χ1) is 25.2. The van der Waals surface area contributed by atoms with Crippen LogP contribution in [0.15, 0.2) is 60.7 Å². The molecule has 52 heavy (non-hydrogen) atoms. The van der Waals surface area contributed by atoms with Gasteiger partial charge in [-0.3, -0.25) is 4.90 Å². The molecule has 13 nitrogen and oxygen atoms in total.